The summed E-state index contributed by atoms with van der Waals surface area (Å²) in [5.74, 6) is 2.06. The highest BCUT2D eigenvalue weighted by Crippen LogP contribution is 2.42. The molecule has 3 aliphatic carbocycles. The van der Waals surface area contributed by atoms with E-state index in [0.29, 0.717) is 11.5 Å². The monoisotopic (exact) mass is 250 g/mol. The van der Waals surface area contributed by atoms with Crippen LogP contribution in [-0.4, -0.2) is 37.1 Å². The number of hydrogen-bond acceptors (Lipinski definition) is 2. The van der Waals surface area contributed by atoms with Crippen molar-refractivity contribution in [3.05, 3.63) is 0 Å². The van der Waals surface area contributed by atoms with Gasteiger partial charge in [0.25, 0.3) is 0 Å². The maximum absolute atomic E-state index is 3.63. The van der Waals surface area contributed by atoms with Gasteiger partial charge in [-0.3, -0.25) is 4.90 Å². The van der Waals surface area contributed by atoms with Gasteiger partial charge in [-0.1, -0.05) is 13.8 Å². The Bertz CT molecular complexity index is 277. The zero-order chi connectivity index (χ0) is 12.8. The molecule has 3 aliphatic rings. The van der Waals surface area contributed by atoms with Crippen LogP contribution < -0.4 is 5.32 Å². The second-order valence-corrected chi connectivity index (χ2v) is 7.70. The Kier molecular flexibility index (Phi) is 3.44. The molecular formula is C16H30N2. The summed E-state index contributed by atoms with van der Waals surface area (Å²) in [6, 6.07) is 1.49. The largest absolute Gasteiger partial charge is 0.315 e. The normalized spacial score (nSPS) is 35.3. The quantitative estimate of drug-likeness (QED) is 0.780. The number of likely N-dealkylation sites (N-methyl/N-ethyl adjacent to an activating group) is 1. The average molecular weight is 250 g/mol. The van der Waals surface area contributed by atoms with Gasteiger partial charge in [0, 0.05) is 25.2 Å². The van der Waals surface area contributed by atoms with E-state index in [9.17, 15) is 0 Å². The summed E-state index contributed by atoms with van der Waals surface area (Å²) in [5, 5.41) is 3.63. The molecule has 3 rings (SSSR count). The molecule has 0 amide bonds. The molecule has 0 bridgehead atoms. The third-order valence-corrected chi connectivity index (χ3v) is 5.47. The van der Waals surface area contributed by atoms with Crippen molar-refractivity contribution in [2.24, 2.45) is 17.3 Å². The molecule has 0 aromatic rings. The smallest absolute Gasteiger partial charge is 0.0271 e. The van der Waals surface area contributed by atoms with Crippen molar-refractivity contribution in [3.8, 4) is 0 Å². The summed E-state index contributed by atoms with van der Waals surface area (Å²) < 4.78 is 0. The second-order valence-electron chi connectivity index (χ2n) is 7.70. The second kappa shape index (κ2) is 4.79. The predicted octanol–water partition coefficient (Wildman–Crippen LogP) is 2.89. The Balaban J connectivity index is 1.67. The fraction of sp³-hybridized carbons (Fsp3) is 1.00. The number of rotatable bonds is 6. The van der Waals surface area contributed by atoms with E-state index in [2.05, 4.69) is 31.1 Å². The molecule has 1 N–H and O–H groups in total. The molecule has 2 heteroatoms. The fourth-order valence-corrected chi connectivity index (χ4v) is 3.95. The summed E-state index contributed by atoms with van der Waals surface area (Å²) in [5.41, 5.74) is 0.477. The SMILES string of the molecule is CNC1C(N(CC2CC2)CC2CC2)CCC1(C)C. The van der Waals surface area contributed by atoms with E-state index in [1.807, 2.05) is 0 Å². The minimum Gasteiger partial charge on any atom is -0.315 e. The van der Waals surface area contributed by atoms with Gasteiger partial charge >= 0.3 is 0 Å². The van der Waals surface area contributed by atoms with Crippen molar-refractivity contribution in [1.29, 1.82) is 0 Å². The Labute approximate surface area is 113 Å². The van der Waals surface area contributed by atoms with Crippen molar-refractivity contribution in [1.82, 2.24) is 10.2 Å². The first-order valence-corrected chi connectivity index (χ1v) is 8.01. The summed E-state index contributed by atoms with van der Waals surface area (Å²) in [7, 11) is 2.16. The number of hydrogen-bond donors (Lipinski definition) is 1. The third-order valence-electron chi connectivity index (χ3n) is 5.47. The van der Waals surface area contributed by atoms with Crippen molar-refractivity contribution in [2.45, 2.75) is 64.5 Å². The van der Waals surface area contributed by atoms with Gasteiger partial charge < -0.3 is 5.32 Å². The van der Waals surface area contributed by atoms with Gasteiger partial charge in [-0.2, -0.15) is 0 Å². The first-order valence-electron chi connectivity index (χ1n) is 8.01. The zero-order valence-electron chi connectivity index (χ0n) is 12.4. The van der Waals surface area contributed by atoms with Crippen LogP contribution in [0.5, 0.6) is 0 Å². The maximum Gasteiger partial charge on any atom is 0.0271 e. The molecule has 3 fully saturated rings. The van der Waals surface area contributed by atoms with Crippen molar-refractivity contribution < 1.29 is 0 Å². The van der Waals surface area contributed by atoms with Gasteiger partial charge in [-0.25, -0.2) is 0 Å². The van der Waals surface area contributed by atoms with Crippen LogP contribution in [0.25, 0.3) is 0 Å². The van der Waals surface area contributed by atoms with Gasteiger partial charge in [0.1, 0.15) is 0 Å². The maximum atomic E-state index is 3.63. The van der Waals surface area contributed by atoms with Crippen LogP contribution in [0.15, 0.2) is 0 Å². The lowest BCUT2D eigenvalue weighted by Gasteiger charge is -2.37. The molecule has 2 nitrogen and oxygen atoms in total. The summed E-state index contributed by atoms with van der Waals surface area (Å²) in [4.78, 5) is 2.87. The van der Waals surface area contributed by atoms with Crippen molar-refractivity contribution >= 4 is 0 Å². The molecule has 2 atom stereocenters. The highest BCUT2D eigenvalue weighted by Gasteiger charge is 2.45. The van der Waals surface area contributed by atoms with E-state index in [-0.39, 0.29) is 0 Å². The molecule has 0 aromatic heterocycles. The molecule has 0 heterocycles. The number of nitrogens with one attached hydrogen (secondary N) is 1. The first-order chi connectivity index (χ1) is 8.60. The van der Waals surface area contributed by atoms with Crippen LogP contribution in [0.4, 0.5) is 0 Å². The Morgan fingerprint density at radius 1 is 1.00 bits per heavy atom. The summed E-state index contributed by atoms with van der Waals surface area (Å²) >= 11 is 0. The molecular weight excluding hydrogens is 220 g/mol. The van der Waals surface area contributed by atoms with Crippen LogP contribution >= 0.6 is 0 Å². The predicted molar refractivity (Wildman–Crippen MR) is 76.7 cm³/mol. The lowest BCUT2D eigenvalue weighted by atomic mass is 9.86. The minimum absolute atomic E-state index is 0.477. The van der Waals surface area contributed by atoms with Gasteiger partial charge in [0.2, 0.25) is 0 Å². The Morgan fingerprint density at radius 2 is 1.56 bits per heavy atom. The molecule has 0 saturated heterocycles. The Morgan fingerprint density at radius 3 is 2.00 bits per heavy atom. The topological polar surface area (TPSA) is 15.3 Å². The lowest BCUT2D eigenvalue weighted by molar-refractivity contribution is 0.137. The summed E-state index contributed by atoms with van der Waals surface area (Å²) in [6.07, 6.45) is 8.74. The van der Waals surface area contributed by atoms with E-state index in [4.69, 9.17) is 0 Å². The highest BCUT2D eigenvalue weighted by atomic mass is 15.2. The first kappa shape index (κ1) is 12.9. The minimum atomic E-state index is 0.477. The van der Waals surface area contributed by atoms with E-state index < -0.39 is 0 Å². The molecule has 0 aromatic carbocycles. The molecule has 0 aliphatic heterocycles. The standard InChI is InChI=1S/C16H30N2/c1-16(2)9-8-14(15(16)17-3)18(10-12-4-5-12)11-13-6-7-13/h12-15,17H,4-11H2,1-3H3. The average Bonchev–Trinajstić information content (AvgIpc) is 3.19. The van der Waals surface area contributed by atoms with Gasteiger partial charge in [0.05, 0.1) is 0 Å². The molecule has 2 unspecified atom stereocenters. The molecule has 3 saturated carbocycles. The van der Waals surface area contributed by atoms with E-state index in [0.717, 1.165) is 17.9 Å². The number of nitrogens with zero attached hydrogens (tertiary/aromatic N) is 1. The van der Waals surface area contributed by atoms with Crippen LogP contribution in [0.3, 0.4) is 0 Å². The highest BCUT2D eigenvalue weighted by molar-refractivity contribution is 5.02. The van der Waals surface area contributed by atoms with Crippen molar-refractivity contribution in [2.75, 3.05) is 20.1 Å². The van der Waals surface area contributed by atoms with Crippen LogP contribution in [0, 0.1) is 17.3 Å². The molecule has 104 valence electrons. The van der Waals surface area contributed by atoms with E-state index >= 15 is 0 Å². The molecule has 18 heavy (non-hydrogen) atoms. The fourth-order valence-electron chi connectivity index (χ4n) is 3.95. The molecule has 0 spiro atoms. The van der Waals surface area contributed by atoms with Gasteiger partial charge in [-0.05, 0) is 62.8 Å². The Hall–Kier alpha value is -0.0800. The molecule has 0 radical (unpaired) electrons. The van der Waals surface area contributed by atoms with Crippen molar-refractivity contribution in [3.63, 3.8) is 0 Å². The van der Waals surface area contributed by atoms with Crippen LogP contribution in [-0.2, 0) is 0 Å². The van der Waals surface area contributed by atoms with E-state index in [1.54, 1.807) is 0 Å². The van der Waals surface area contributed by atoms with Gasteiger partial charge in [0.15, 0.2) is 0 Å². The van der Waals surface area contributed by atoms with Crippen LogP contribution in [0.1, 0.15) is 52.4 Å². The summed E-state index contributed by atoms with van der Waals surface area (Å²) in [6.45, 7) is 7.66. The lowest BCUT2D eigenvalue weighted by Crippen LogP contribution is -2.51. The zero-order valence-corrected chi connectivity index (χ0v) is 12.4. The van der Waals surface area contributed by atoms with Gasteiger partial charge in [-0.15, -0.1) is 0 Å². The third kappa shape index (κ3) is 2.75. The van der Waals surface area contributed by atoms with Crippen LogP contribution in [0.2, 0.25) is 0 Å². The van der Waals surface area contributed by atoms with E-state index in [1.165, 1.54) is 51.6 Å².